The molecule has 0 aromatic carbocycles. The molecule has 0 aromatic heterocycles. The molecule has 1 N–H and O–H groups in total. The number of methoxy groups -OCH3 is 1. The second-order valence-electron chi connectivity index (χ2n) is 3.66. The van der Waals surface area contributed by atoms with Crippen LogP contribution in [0.15, 0.2) is 0 Å². The molecular formula is C8H18O2. The van der Waals surface area contributed by atoms with E-state index in [-0.39, 0.29) is 11.5 Å². The van der Waals surface area contributed by atoms with Crippen LogP contribution in [0.5, 0.6) is 0 Å². The minimum Gasteiger partial charge on any atom is -0.392 e. The highest BCUT2D eigenvalue weighted by Crippen LogP contribution is 2.21. The molecule has 0 aliphatic rings. The maximum atomic E-state index is 9.44. The fourth-order valence-electron chi connectivity index (χ4n) is 0.662. The van der Waals surface area contributed by atoms with Crippen LogP contribution < -0.4 is 0 Å². The third-order valence-electron chi connectivity index (χ3n) is 1.60. The fraction of sp³-hybridized carbons (Fsp3) is 1.00. The summed E-state index contributed by atoms with van der Waals surface area (Å²) in [7, 11) is 1.65. The van der Waals surface area contributed by atoms with Crippen LogP contribution in [-0.4, -0.2) is 24.9 Å². The molecule has 0 radical (unpaired) electrons. The van der Waals surface area contributed by atoms with Crippen LogP contribution in [0.3, 0.4) is 0 Å². The monoisotopic (exact) mass is 146 g/mol. The smallest absolute Gasteiger partial charge is 0.0610 e. The van der Waals surface area contributed by atoms with E-state index in [9.17, 15) is 5.11 Å². The lowest BCUT2D eigenvalue weighted by Crippen LogP contribution is -2.27. The van der Waals surface area contributed by atoms with E-state index in [1.165, 1.54) is 0 Å². The number of rotatable bonds is 3. The summed E-state index contributed by atoms with van der Waals surface area (Å²) in [6.45, 7) is 6.70. The van der Waals surface area contributed by atoms with Crippen molar-refractivity contribution in [1.29, 1.82) is 0 Å². The van der Waals surface area contributed by atoms with Gasteiger partial charge < -0.3 is 9.84 Å². The van der Waals surface area contributed by atoms with Gasteiger partial charge >= 0.3 is 0 Å². The molecule has 1 atom stereocenters. The Morgan fingerprint density at radius 3 is 2.20 bits per heavy atom. The summed E-state index contributed by atoms with van der Waals surface area (Å²) in [6, 6.07) is 0. The summed E-state index contributed by atoms with van der Waals surface area (Å²) in [5, 5.41) is 9.44. The topological polar surface area (TPSA) is 29.5 Å². The normalized spacial score (nSPS) is 15.3. The van der Waals surface area contributed by atoms with Crippen molar-refractivity contribution in [2.24, 2.45) is 5.41 Å². The van der Waals surface area contributed by atoms with Gasteiger partial charge in [0, 0.05) is 13.7 Å². The molecular weight excluding hydrogens is 128 g/mol. The van der Waals surface area contributed by atoms with Gasteiger partial charge in [-0.2, -0.15) is 0 Å². The molecule has 0 fully saturated rings. The Balaban J connectivity index is 3.52. The summed E-state index contributed by atoms with van der Waals surface area (Å²) >= 11 is 0. The van der Waals surface area contributed by atoms with Gasteiger partial charge in [-0.05, 0) is 11.8 Å². The van der Waals surface area contributed by atoms with Crippen LogP contribution in [-0.2, 0) is 4.74 Å². The van der Waals surface area contributed by atoms with E-state index in [1.807, 2.05) is 20.8 Å². The molecule has 10 heavy (non-hydrogen) atoms. The van der Waals surface area contributed by atoms with Crippen LogP contribution in [0.25, 0.3) is 0 Å². The number of hydrogen-bond acceptors (Lipinski definition) is 2. The quantitative estimate of drug-likeness (QED) is 0.652. The SMILES string of the molecule is COCC[C@@H](O)C(C)(C)C. The number of ether oxygens (including phenoxy) is 1. The second-order valence-corrected chi connectivity index (χ2v) is 3.66. The predicted molar refractivity (Wildman–Crippen MR) is 42.0 cm³/mol. The van der Waals surface area contributed by atoms with Crippen LogP contribution >= 0.6 is 0 Å². The van der Waals surface area contributed by atoms with Crippen molar-refractivity contribution < 1.29 is 9.84 Å². The maximum Gasteiger partial charge on any atom is 0.0610 e. The summed E-state index contributed by atoms with van der Waals surface area (Å²) in [4.78, 5) is 0. The predicted octanol–water partition coefficient (Wildman–Crippen LogP) is 1.43. The minimum atomic E-state index is -0.257. The van der Waals surface area contributed by atoms with Crippen LogP contribution in [0.4, 0.5) is 0 Å². The Kier molecular flexibility index (Phi) is 3.91. The molecule has 62 valence electrons. The van der Waals surface area contributed by atoms with E-state index in [1.54, 1.807) is 7.11 Å². The zero-order valence-electron chi connectivity index (χ0n) is 7.35. The maximum absolute atomic E-state index is 9.44. The Labute approximate surface area is 63.2 Å². The molecule has 0 heterocycles. The van der Waals surface area contributed by atoms with Crippen molar-refractivity contribution in [2.75, 3.05) is 13.7 Å². The first-order valence-corrected chi connectivity index (χ1v) is 3.65. The Bertz CT molecular complexity index is 83.7. The summed E-state index contributed by atoms with van der Waals surface area (Å²) < 4.78 is 4.85. The van der Waals surface area contributed by atoms with E-state index < -0.39 is 0 Å². The van der Waals surface area contributed by atoms with E-state index >= 15 is 0 Å². The highest BCUT2D eigenvalue weighted by Gasteiger charge is 2.20. The zero-order chi connectivity index (χ0) is 8.20. The Hall–Kier alpha value is -0.0800. The van der Waals surface area contributed by atoms with Gasteiger partial charge in [-0.1, -0.05) is 20.8 Å². The second kappa shape index (κ2) is 3.94. The summed E-state index contributed by atoms with van der Waals surface area (Å²) in [6.07, 6.45) is 0.465. The first-order chi connectivity index (χ1) is 4.48. The van der Waals surface area contributed by atoms with E-state index in [0.717, 1.165) is 6.42 Å². The number of aliphatic hydroxyl groups is 1. The van der Waals surface area contributed by atoms with Crippen LogP contribution in [0, 0.1) is 5.41 Å². The van der Waals surface area contributed by atoms with Crippen molar-refractivity contribution in [3.8, 4) is 0 Å². The third-order valence-corrected chi connectivity index (χ3v) is 1.60. The van der Waals surface area contributed by atoms with Crippen molar-refractivity contribution in [2.45, 2.75) is 33.3 Å². The molecule has 0 aliphatic carbocycles. The van der Waals surface area contributed by atoms with Gasteiger partial charge in [-0.25, -0.2) is 0 Å². The van der Waals surface area contributed by atoms with Crippen LogP contribution in [0.2, 0.25) is 0 Å². The lowest BCUT2D eigenvalue weighted by atomic mass is 9.87. The minimum absolute atomic E-state index is 0.0153. The summed E-state index contributed by atoms with van der Waals surface area (Å²) in [5.41, 5.74) is -0.0153. The van der Waals surface area contributed by atoms with Gasteiger partial charge in [0.15, 0.2) is 0 Å². The average Bonchev–Trinajstić information content (AvgIpc) is 1.80. The van der Waals surface area contributed by atoms with E-state index in [4.69, 9.17) is 4.74 Å². The average molecular weight is 146 g/mol. The molecule has 2 nitrogen and oxygen atoms in total. The largest absolute Gasteiger partial charge is 0.392 e. The molecule has 0 spiro atoms. The zero-order valence-corrected chi connectivity index (χ0v) is 7.35. The van der Waals surface area contributed by atoms with Crippen molar-refractivity contribution in [3.05, 3.63) is 0 Å². The highest BCUT2D eigenvalue weighted by atomic mass is 16.5. The molecule has 0 aromatic rings. The highest BCUT2D eigenvalue weighted by molar-refractivity contribution is 4.71. The Morgan fingerprint density at radius 2 is 1.90 bits per heavy atom. The third kappa shape index (κ3) is 3.85. The summed E-state index contributed by atoms with van der Waals surface area (Å²) in [5.74, 6) is 0. The number of hydrogen-bond donors (Lipinski definition) is 1. The molecule has 0 unspecified atom stereocenters. The van der Waals surface area contributed by atoms with Crippen molar-refractivity contribution >= 4 is 0 Å². The molecule has 0 aliphatic heterocycles. The lowest BCUT2D eigenvalue weighted by molar-refractivity contribution is 0.0325. The van der Waals surface area contributed by atoms with Gasteiger partial charge in [0.05, 0.1) is 6.10 Å². The molecule has 0 bridgehead atoms. The lowest BCUT2D eigenvalue weighted by Gasteiger charge is -2.25. The van der Waals surface area contributed by atoms with Crippen molar-refractivity contribution in [1.82, 2.24) is 0 Å². The van der Waals surface area contributed by atoms with Gasteiger partial charge in [-0.3, -0.25) is 0 Å². The van der Waals surface area contributed by atoms with Crippen LogP contribution in [0.1, 0.15) is 27.2 Å². The van der Waals surface area contributed by atoms with Crippen molar-refractivity contribution in [3.63, 3.8) is 0 Å². The van der Waals surface area contributed by atoms with Gasteiger partial charge in [0.1, 0.15) is 0 Å². The first kappa shape index (κ1) is 9.92. The molecule has 2 heteroatoms. The van der Waals surface area contributed by atoms with Gasteiger partial charge in [0.2, 0.25) is 0 Å². The van der Waals surface area contributed by atoms with E-state index in [0.29, 0.717) is 6.61 Å². The first-order valence-electron chi connectivity index (χ1n) is 3.65. The van der Waals surface area contributed by atoms with Gasteiger partial charge in [-0.15, -0.1) is 0 Å². The molecule has 0 saturated heterocycles. The number of aliphatic hydroxyl groups excluding tert-OH is 1. The van der Waals surface area contributed by atoms with Gasteiger partial charge in [0.25, 0.3) is 0 Å². The molecule has 0 amide bonds. The standard InChI is InChI=1S/C8H18O2/c1-8(2,3)7(9)5-6-10-4/h7,9H,5-6H2,1-4H3/t7-/m1/s1. The fourth-order valence-corrected chi connectivity index (χ4v) is 0.662. The molecule has 0 rings (SSSR count). The molecule has 0 saturated carbocycles. The Morgan fingerprint density at radius 1 is 1.40 bits per heavy atom. The van der Waals surface area contributed by atoms with E-state index in [2.05, 4.69) is 0 Å².